The third kappa shape index (κ3) is 3.77. The highest BCUT2D eigenvalue weighted by Gasteiger charge is 2.01. The number of phenols is 1. The zero-order chi connectivity index (χ0) is 15.2. The van der Waals surface area contributed by atoms with Gasteiger partial charge in [-0.1, -0.05) is 12.2 Å². The normalized spacial score (nSPS) is 10.8. The molecule has 0 amide bonds. The molecular weight excluding hydrogens is 268 g/mol. The van der Waals surface area contributed by atoms with Crippen LogP contribution in [-0.4, -0.2) is 24.4 Å². The summed E-state index contributed by atoms with van der Waals surface area (Å²) < 4.78 is 10.2. The van der Waals surface area contributed by atoms with Crippen LogP contribution in [0.15, 0.2) is 36.4 Å². The van der Waals surface area contributed by atoms with E-state index in [1.54, 1.807) is 44.6 Å². The lowest BCUT2D eigenvalue weighted by molar-refractivity contribution is 0.281. The Morgan fingerprint density at radius 2 is 1.71 bits per heavy atom. The largest absolute Gasteiger partial charge is 0.507 e. The number of benzene rings is 2. The Kier molecular flexibility index (Phi) is 4.85. The minimum Gasteiger partial charge on any atom is -0.507 e. The third-order valence-electron chi connectivity index (χ3n) is 3.10. The molecule has 0 spiro atoms. The predicted octanol–water partition coefficient (Wildman–Crippen LogP) is 3.07. The van der Waals surface area contributed by atoms with E-state index in [1.807, 2.05) is 18.2 Å². The molecule has 0 aliphatic carbocycles. The van der Waals surface area contributed by atoms with Gasteiger partial charge in [-0.25, -0.2) is 0 Å². The Morgan fingerprint density at radius 1 is 0.952 bits per heavy atom. The Hall–Kier alpha value is -2.46. The zero-order valence-electron chi connectivity index (χ0n) is 12.0. The molecule has 0 aliphatic heterocycles. The molecule has 0 fully saturated rings. The maximum atomic E-state index is 9.91. The van der Waals surface area contributed by atoms with Crippen LogP contribution in [0.5, 0.6) is 17.2 Å². The lowest BCUT2D eigenvalue weighted by atomic mass is 10.1. The Labute approximate surface area is 123 Å². The van der Waals surface area contributed by atoms with Gasteiger partial charge in [0, 0.05) is 11.6 Å². The van der Waals surface area contributed by atoms with Crippen molar-refractivity contribution in [2.75, 3.05) is 14.2 Å². The van der Waals surface area contributed by atoms with Gasteiger partial charge >= 0.3 is 0 Å². The molecule has 2 aromatic carbocycles. The van der Waals surface area contributed by atoms with Gasteiger partial charge in [-0.3, -0.25) is 0 Å². The number of methoxy groups -OCH3 is 2. The van der Waals surface area contributed by atoms with Crippen LogP contribution in [0.1, 0.15) is 16.7 Å². The first-order chi connectivity index (χ1) is 10.2. The minimum atomic E-state index is -0.0498. The summed E-state index contributed by atoms with van der Waals surface area (Å²) in [6, 6.07) is 10.6. The average molecular weight is 286 g/mol. The summed E-state index contributed by atoms with van der Waals surface area (Å²) in [4.78, 5) is 0. The number of aliphatic hydroxyl groups excluding tert-OH is 1. The summed E-state index contributed by atoms with van der Waals surface area (Å²) in [7, 11) is 3.14. The predicted molar refractivity (Wildman–Crippen MR) is 82.5 cm³/mol. The standard InChI is InChI=1S/C17H18O4/c1-20-15-6-5-14(17(19)10-15)4-3-12-7-13(11-18)9-16(8-12)21-2/h3-10,18-19H,11H2,1-2H3/b4-3+. The lowest BCUT2D eigenvalue weighted by Crippen LogP contribution is -1.89. The maximum absolute atomic E-state index is 9.91. The smallest absolute Gasteiger partial charge is 0.126 e. The van der Waals surface area contributed by atoms with E-state index >= 15 is 0 Å². The van der Waals surface area contributed by atoms with Gasteiger partial charge in [0.25, 0.3) is 0 Å². The summed E-state index contributed by atoms with van der Waals surface area (Å²) in [5.74, 6) is 1.43. The quantitative estimate of drug-likeness (QED) is 0.829. The van der Waals surface area contributed by atoms with Gasteiger partial charge in [0.1, 0.15) is 17.2 Å². The molecule has 0 aromatic heterocycles. The van der Waals surface area contributed by atoms with Crippen molar-refractivity contribution in [2.24, 2.45) is 0 Å². The first-order valence-electron chi connectivity index (χ1n) is 6.50. The van der Waals surface area contributed by atoms with Crippen LogP contribution in [0.4, 0.5) is 0 Å². The fourth-order valence-corrected chi connectivity index (χ4v) is 1.97. The van der Waals surface area contributed by atoms with Crippen molar-refractivity contribution in [1.82, 2.24) is 0 Å². The summed E-state index contributed by atoms with van der Waals surface area (Å²) in [6.45, 7) is -0.0498. The number of ether oxygens (including phenoxy) is 2. The SMILES string of the molecule is COc1cc(/C=C/c2ccc(OC)cc2O)cc(CO)c1. The molecule has 0 saturated heterocycles. The van der Waals surface area contributed by atoms with Crippen LogP contribution < -0.4 is 9.47 Å². The Bertz CT molecular complexity index is 625. The van der Waals surface area contributed by atoms with Gasteiger partial charge < -0.3 is 19.7 Å². The molecule has 21 heavy (non-hydrogen) atoms. The molecule has 2 N–H and O–H groups in total. The lowest BCUT2D eigenvalue weighted by Gasteiger charge is -2.05. The van der Waals surface area contributed by atoms with Crippen LogP contribution in [0, 0.1) is 0 Å². The van der Waals surface area contributed by atoms with E-state index < -0.39 is 0 Å². The second-order valence-electron chi connectivity index (χ2n) is 4.53. The van der Waals surface area contributed by atoms with Gasteiger partial charge in [0.05, 0.1) is 20.8 Å². The number of phenolic OH excluding ortho intramolecular Hbond substituents is 1. The molecule has 4 nitrogen and oxygen atoms in total. The van der Waals surface area contributed by atoms with E-state index in [4.69, 9.17) is 9.47 Å². The van der Waals surface area contributed by atoms with E-state index in [-0.39, 0.29) is 12.4 Å². The molecule has 0 bridgehead atoms. The van der Waals surface area contributed by atoms with Gasteiger partial charge in [-0.2, -0.15) is 0 Å². The molecule has 0 aliphatic rings. The molecule has 0 saturated carbocycles. The molecule has 110 valence electrons. The van der Waals surface area contributed by atoms with Crippen LogP contribution in [0.3, 0.4) is 0 Å². The van der Waals surface area contributed by atoms with E-state index in [0.29, 0.717) is 17.1 Å². The Morgan fingerprint density at radius 3 is 2.33 bits per heavy atom. The van der Waals surface area contributed by atoms with Gasteiger partial charge in [0.2, 0.25) is 0 Å². The molecule has 4 heteroatoms. The van der Waals surface area contributed by atoms with E-state index in [2.05, 4.69) is 0 Å². The van der Waals surface area contributed by atoms with Crippen molar-refractivity contribution in [3.63, 3.8) is 0 Å². The molecule has 0 atom stereocenters. The third-order valence-corrected chi connectivity index (χ3v) is 3.10. The van der Waals surface area contributed by atoms with Crippen molar-refractivity contribution in [1.29, 1.82) is 0 Å². The Balaban J connectivity index is 2.28. The minimum absolute atomic E-state index is 0.0498. The maximum Gasteiger partial charge on any atom is 0.126 e. The zero-order valence-corrected chi connectivity index (χ0v) is 12.0. The molecular formula is C17H18O4. The molecule has 2 rings (SSSR count). The second-order valence-corrected chi connectivity index (χ2v) is 4.53. The van der Waals surface area contributed by atoms with Crippen LogP contribution in [-0.2, 0) is 6.61 Å². The summed E-state index contributed by atoms with van der Waals surface area (Å²) in [5.41, 5.74) is 2.34. The van der Waals surface area contributed by atoms with Gasteiger partial charge in [0.15, 0.2) is 0 Å². The van der Waals surface area contributed by atoms with Crippen molar-refractivity contribution >= 4 is 12.2 Å². The average Bonchev–Trinajstić information content (AvgIpc) is 2.53. The van der Waals surface area contributed by atoms with Gasteiger partial charge in [-0.15, -0.1) is 0 Å². The molecule has 0 unspecified atom stereocenters. The highest BCUT2D eigenvalue weighted by atomic mass is 16.5. The van der Waals surface area contributed by atoms with Crippen LogP contribution >= 0.6 is 0 Å². The fraction of sp³-hybridized carbons (Fsp3) is 0.176. The number of hydrogen-bond donors (Lipinski definition) is 2. The van der Waals surface area contributed by atoms with E-state index in [1.165, 1.54) is 0 Å². The van der Waals surface area contributed by atoms with Crippen molar-refractivity contribution in [2.45, 2.75) is 6.61 Å². The van der Waals surface area contributed by atoms with Crippen molar-refractivity contribution in [3.8, 4) is 17.2 Å². The number of rotatable bonds is 5. The first kappa shape index (κ1) is 14.9. The summed E-state index contributed by atoms with van der Waals surface area (Å²) in [5, 5.41) is 19.1. The second kappa shape index (κ2) is 6.81. The summed E-state index contributed by atoms with van der Waals surface area (Å²) in [6.07, 6.45) is 3.65. The van der Waals surface area contributed by atoms with Gasteiger partial charge in [-0.05, 0) is 41.5 Å². The molecule has 2 aromatic rings. The topological polar surface area (TPSA) is 58.9 Å². The monoisotopic (exact) mass is 286 g/mol. The number of aromatic hydroxyl groups is 1. The van der Waals surface area contributed by atoms with Crippen LogP contribution in [0.25, 0.3) is 12.2 Å². The van der Waals surface area contributed by atoms with Crippen molar-refractivity contribution < 1.29 is 19.7 Å². The van der Waals surface area contributed by atoms with Crippen molar-refractivity contribution in [3.05, 3.63) is 53.1 Å². The van der Waals surface area contributed by atoms with E-state index in [0.717, 1.165) is 11.1 Å². The van der Waals surface area contributed by atoms with Crippen LogP contribution in [0.2, 0.25) is 0 Å². The molecule has 0 heterocycles. The fourth-order valence-electron chi connectivity index (χ4n) is 1.97. The highest BCUT2D eigenvalue weighted by molar-refractivity contribution is 5.73. The molecule has 0 radical (unpaired) electrons. The van der Waals surface area contributed by atoms with E-state index in [9.17, 15) is 10.2 Å². The highest BCUT2D eigenvalue weighted by Crippen LogP contribution is 2.26. The number of hydrogen-bond acceptors (Lipinski definition) is 4. The first-order valence-corrected chi connectivity index (χ1v) is 6.50. The summed E-state index contributed by atoms with van der Waals surface area (Å²) >= 11 is 0. The number of aliphatic hydroxyl groups is 1.